The van der Waals surface area contributed by atoms with Gasteiger partial charge in [-0.25, -0.2) is 8.42 Å². The Morgan fingerprint density at radius 2 is 1.83 bits per heavy atom. The van der Waals surface area contributed by atoms with Crippen molar-refractivity contribution in [1.82, 2.24) is 19.8 Å². The second-order valence-electron chi connectivity index (χ2n) is 6.33. The molecule has 0 aliphatic heterocycles. The van der Waals surface area contributed by atoms with Crippen LogP contribution in [-0.2, 0) is 21.4 Å². The van der Waals surface area contributed by atoms with E-state index in [4.69, 9.17) is 16.1 Å². The van der Waals surface area contributed by atoms with Crippen LogP contribution < -0.4 is 5.32 Å². The number of carbonyl (C=O) groups excluding carboxylic acids is 1. The van der Waals surface area contributed by atoms with Gasteiger partial charge < -0.3 is 9.84 Å². The number of benzene rings is 2. The lowest BCUT2D eigenvalue weighted by Gasteiger charge is -2.25. The Morgan fingerprint density at radius 1 is 1.17 bits per heavy atom. The van der Waals surface area contributed by atoms with Crippen LogP contribution in [0, 0.1) is 0 Å². The van der Waals surface area contributed by atoms with E-state index in [2.05, 4.69) is 15.5 Å². The van der Waals surface area contributed by atoms with Crippen molar-refractivity contribution in [2.45, 2.75) is 12.6 Å². The summed E-state index contributed by atoms with van der Waals surface area (Å²) in [4.78, 5) is 17.0. The standard InChI is InChI=1S/C19H19ClN4O4S/c1-24(29(2,26)27)17(13-6-4-3-5-7-13)19(25)21-12-16-22-18(23-28-16)14-8-10-15(20)11-9-14/h3-11,17H,12H2,1-2H3,(H,21,25)/t17-/m1/s1. The highest BCUT2D eigenvalue weighted by molar-refractivity contribution is 7.88. The van der Waals surface area contributed by atoms with Gasteiger partial charge in [0.1, 0.15) is 6.04 Å². The molecule has 8 nitrogen and oxygen atoms in total. The zero-order valence-corrected chi connectivity index (χ0v) is 17.3. The summed E-state index contributed by atoms with van der Waals surface area (Å²) < 4.78 is 30.2. The zero-order chi connectivity index (χ0) is 21.0. The van der Waals surface area contributed by atoms with E-state index >= 15 is 0 Å². The Morgan fingerprint density at radius 3 is 2.45 bits per heavy atom. The van der Waals surface area contributed by atoms with Crippen LogP contribution in [0.25, 0.3) is 11.4 Å². The topological polar surface area (TPSA) is 105 Å². The first-order valence-electron chi connectivity index (χ1n) is 8.60. The third-order valence-corrected chi connectivity index (χ3v) is 5.74. The van der Waals surface area contributed by atoms with Gasteiger partial charge >= 0.3 is 0 Å². The molecule has 1 N–H and O–H groups in total. The second-order valence-corrected chi connectivity index (χ2v) is 8.81. The quantitative estimate of drug-likeness (QED) is 0.612. The lowest BCUT2D eigenvalue weighted by Crippen LogP contribution is -2.41. The Hall–Kier alpha value is -2.75. The molecule has 10 heteroatoms. The van der Waals surface area contributed by atoms with Gasteiger partial charge in [0.05, 0.1) is 12.8 Å². The highest BCUT2D eigenvalue weighted by Gasteiger charge is 2.30. The van der Waals surface area contributed by atoms with Crippen molar-refractivity contribution in [2.24, 2.45) is 0 Å². The number of sulfonamides is 1. The molecule has 0 bridgehead atoms. The number of likely N-dealkylation sites (N-methyl/N-ethyl adjacent to an activating group) is 1. The van der Waals surface area contributed by atoms with Crippen LogP contribution in [0.15, 0.2) is 59.1 Å². The molecule has 29 heavy (non-hydrogen) atoms. The van der Waals surface area contributed by atoms with Gasteiger partial charge in [-0.15, -0.1) is 0 Å². The molecule has 2 aromatic carbocycles. The van der Waals surface area contributed by atoms with Crippen LogP contribution in [0.3, 0.4) is 0 Å². The second kappa shape index (κ2) is 8.73. The number of aromatic nitrogens is 2. The van der Waals surface area contributed by atoms with E-state index in [9.17, 15) is 13.2 Å². The number of hydrogen-bond acceptors (Lipinski definition) is 6. The summed E-state index contributed by atoms with van der Waals surface area (Å²) in [6, 6.07) is 14.5. The summed E-state index contributed by atoms with van der Waals surface area (Å²) in [7, 11) is -2.24. The third kappa shape index (κ3) is 5.20. The molecule has 0 aliphatic rings. The van der Waals surface area contributed by atoms with E-state index in [0.717, 1.165) is 16.1 Å². The van der Waals surface area contributed by atoms with Gasteiger partial charge in [0, 0.05) is 17.6 Å². The van der Waals surface area contributed by atoms with Crippen molar-refractivity contribution in [3.8, 4) is 11.4 Å². The Labute approximate surface area is 173 Å². The Balaban J connectivity index is 1.74. The van der Waals surface area contributed by atoms with Crippen molar-refractivity contribution in [1.29, 1.82) is 0 Å². The molecule has 3 rings (SSSR count). The van der Waals surface area contributed by atoms with Gasteiger partial charge in [-0.05, 0) is 29.8 Å². The summed E-state index contributed by atoms with van der Waals surface area (Å²) >= 11 is 5.87. The maximum Gasteiger partial charge on any atom is 0.246 e. The largest absolute Gasteiger partial charge is 0.345 e. The fourth-order valence-corrected chi connectivity index (χ4v) is 3.38. The lowest BCUT2D eigenvalue weighted by atomic mass is 10.1. The van der Waals surface area contributed by atoms with Crippen molar-refractivity contribution in [2.75, 3.05) is 13.3 Å². The van der Waals surface area contributed by atoms with Crippen LogP contribution in [0.1, 0.15) is 17.5 Å². The molecular formula is C19H19ClN4O4S. The van der Waals surface area contributed by atoms with Crippen LogP contribution >= 0.6 is 11.6 Å². The smallest absolute Gasteiger partial charge is 0.246 e. The minimum absolute atomic E-state index is 0.0413. The summed E-state index contributed by atoms with van der Waals surface area (Å²) in [5.41, 5.74) is 1.26. The molecule has 152 valence electrons. The number of hydrogen-bond donors (Lipinski definition) is 1. The van der Waals surface area contributed by atoms with E-state index in [-0.39, 0.29) is 12.4 Å². The fraction of sp³-hybridized carbons (Fsp3) is 0.211. The summed E-state index contributed by atoms with van der Waals surface area (Å²) in [5.74, 6) is 0.0475. The first-order valence-corrected chi connectivity index (χ1v) is 10.8. The monoisotopic (exact) mass is 434 g/mol. The predicted octanol–water partition coefficient (Wildman–Crippen LogP) is 2.64. The highest BCUT2D eigenvalue weighted by atomic mass is 35.5. The maximum atomic E-state index is 12.8. The number of nitrogens with one attached hydrogen (secondary N) is 1. The molecular weight excluding hydrogens is 416 g/mol. The van der Waals surface area contributed by atoms with Gasteiger partial charge in [-0.1, -0.05) is 47.1 Å². The number of amides is 1. The van der Waals surface area contributed by atoms with Gasteiger partial charge in [0.2, 0.25) is 27.6 Å². The van der Waals surface area contributed by atoms with E-state index < -0.39 is 22.0 Å². The molecule has 1 aromatic heterocycles. The van der Waals surface area contributed by atoms with E-state index in [0.29, 0.717) is 16.4 Å². The minimum atomic E-state index is -3.60. The molecule has 0 saturated carbocycles. The molecule has 0 unspecified atom stereocenters. The minimum Gasteiger partial charge on any atom is -0.345 e. The number of carbonyl (C=O) groups is 1. The summed E-state index contributed by atoms with van der Waals surface area (Å²) in [6.45, 7) is -0.0413. The van der Waals surface area contributed by atoms with Gasteiger partial charge in [-0.2, -0.15) is 9.29 Å². The molecule has 1 heterocycles. The number of halogens is 1. The fourth-order valence-electron chi connectivity index (χ4n) is 2.66. The third-order valence-electron chi connectivity index (χ3n) is 4.23. The zero-order valence-electron chi connectivity index (χ0n) is 15.7. The highest BCUT2D eigenvalue weighted by Crippen LogP contribution is 2.22. The van der Waals surface area contributed by atoms with Crippen LogP contribution in [0.2, 0.25) is 5.02 Å². The number of nitrogens with zero attached hydrogens (tertiary/aromatic N) is 3. The van der Waals surface area contributed by atoms with Crippen molar-refractivity contribution in [3.05, 3.63) is 71.1 Å². The predicted molar refractivity (Wildman–Crippen MR) is 108 cm³/mol. The van der Waals surface area contributed by atoms with Crippen molar-refractivity contribution >= 4 is 27.5 Å². The average molecular weight is 435 g/mol. The molecule has 0 spiro atoms. The SMILES string of the molecule is CN([C@@H](C(=O)NCc1nc(-c2ccc(Cl)cc2)no1)c1ccccc1)S(C)(=O)=O. The Bertz CT molecular complexity index is 1080. The van der Waals surface area contributed by atoms with Gasteiger partial charge in [-0.3, -0.25) is 4.79 Å². The first-order chi connectivity index (χ1) is 13.8. The van der Waals surface area contributed by atoms with Gasteiger partial charge in [0.15, 0.2) is 0 Å². The molecule has 1 atom stereocenters. The first kappa shape index (κ1) is 21.0. The maximum absolute atomic E-state index is 12.8. The number of rotatable bonds is 7. The van der Waals surface area contributed by atoms with Gasteiger partial charge in [0.25, 0.3) is 0 Å². The molecule has 0 radical (unpaired) electrons. The normalized spacial score (nSPS) is 12.7. The Kier molecular flexibility index (Phi) is 6.31. The molecule has 1 amide bonds. The summed E-state index contributed by atoms with van der Waals surface area (Å²) in [5, 5.41) is 7.14. The molecule has 0 aliphatic carbocycles. The van der Waals surface area contributed by atoms with Crippen molar-refractivity contribution in [3.63, 3.8) is 0 Å². The molecule has 0 fully saturated rings. The average Bonchev–Trinajstić information content (AvgIpc) is 3.16. The van der Waals surface area contributed by atoms with E-state index in [1.54, 1.807) is 54.6 Å². The van der Waals surface area contributed by atoms with Crippen LogP contribution in [0.5, 0.6) is 0 Å². The van der Waals surface area contributed by atoms with Crippen LogP contribution in [-0.4, -0.2) is 42.1 Å². The van der Waals surface area contributed by atoms with E-state index in [1.807, 2.05) is 0 Å². The van der Waals surface area contributed by atoms with Crippen molar-refractivity contribution < 1.29 is 17.7 Å². The molecule has 3 aromatic rings. The molecule has 0 saturated heterocycles. The lowest BCUT2D eigenvalue weighted by molar-refractivity contribution is -0.125. The van der Waals surface area contributed by atoms with Crippen LogP contribution in [0.4, 0.5) is 0 Å². The van der Waals surface area contributed by atoms with E-state index in [1.165, 1.54) is 7.05 Å². The summed E-state index contributed by atoms with van der Waals surface area (Å²) in [6.07, 6.45) is 1.05.